The number of halogens is 1. The topological polar surface area (TPSA) is 47.9 Å². The van der Waals surface area contributed by atoms with Crippen LogP contribution < -0.4 is 4.74 Å². The molecule has 0 N–H and O–H groups in total. The van der Waals surface area contributed by atoms with Crippen LogP contribution in [0.4, 0.5) is 4.39 Å². The van der Waals surface area contributed by atoms with E-state index in [-0.39, 0.29) is 17.2 Å². The fraction of sp³-hybridized carbons (Fsp3) is 0.0833. The van der Waals surface area contributed by atoms with E-state index in [1.54, 1.807) is 30.0 Å². The van der Waals surface area contributed by atoms with Gasteiger partial charge in [-0.1, -0.05) is 42.5 Å². The predicted molar refractivity (Wildman–Crippen MR) is 116 cm³/mol. The van der Waals surface area contributed by atoms with Crippen LogP contribution in [-0.4, -0.2) is 24.2 Å². The zero-order valence-electron chi connectivity index (χ0n) is 16.0. The van der Waals surface area contributed by atoms with Gasteiger partial charge in [0.25, 0.3) is 0 Å². The highest BCUT2D eigenvalue weighted by Gasteiger charge is 2.25. The lowest BCUT2D eigenvalue weighted by molar-refractivity contribution is -0.129. The molecule has 4 nitrogen and oxygen atoms in total. The SMILES string of the molecule is O=C1OC(c2ccccc2F)=N/C1=C/c1ccc(OCCSc2ccccc2)cc1. The molecule has 1 aliphatic rings. The van der Waals surface area contributed by atoms with Gasteiger partial charge in [-0.25, -0.2) is 14.2 Å². The molecule has 30 heavy (non-hydrogen) atoms. The summed E-state index contributed by atoms with van der Waals surface area (Å²) in [6, 6.07) is 23.5. The summed E-state index contributed by atoms with van der Waals surface area (Å²) in [5.41, 5.74) is 1.05. The number of thioether (sulfide) groups is 1. The van der Waals surface area contributed by atoms with Crippen LogP contribution in [0.3, 0.4) is 0 Å². The van der Waals surface area contributed by atoms with Crippen molar-refractivity contribution in [2.24, 2.45) is 4.99 Å². The van der Waals surface area contributed by atoms with E-state index in [1.807, 2.05) is 42.5 Å². The Hall–Kier alpha value is -3.38. The molecule has 0 aromatic heterocycles. The molecule has 0 fully saturated rings. The minimum absolute atomic E-state index is 0.0276. The highest BCUT2D eigenvalue weighted by Crippen LogP contribution is 2.22. The molecule has 0 radical (unpaired) electrons. The van der Waals surface area contributed by atoms with Gasteiger partial charge in [-0.2, -0.15) is 0 Å². The Morgan fingerprint density at radius 1 is 0.967 bits per heavy atom. The Morgan fingerprint density at radius 3 is 2.47 bits per heavy atom. The second-order valence-electron chi connectivity index (χ2n) is 6.39. The Kier molecular flexibility index (Phi) is 6.25. The molecule has 0 amide bonds. The number of aliphatic imine (C=N–C) groups is 1. The minimum Gasteiger partial charge on any atom is -0.493 e. The molecule has 1 heterocycles. The molecular formula is C24H18FNO3S. The summed E-state index contributed by atoms with van der Waals surface area (Å²) in [6.45, 7) is 0.586. The third-order valence-corrected chi connectivity index (χ3v) is 5.25. The first kappa shape index (κ1) is 19.9. The van der Waals surface area contributed by atoms with Crippen molar-refractivity contribution >= 4 is 29.7 Å². The Bertz CT molecular complexity index is 1090. The summed E-state index contributed by atoms with van der Waals surface area (Å²) >= 11 is 1.74. The van der Waals surface area contributed by atoms with Crippen LogP contribution >= 0.6 is 11.8 Å². The largest absolute Gasteiger partial charge is 0.493 e. The Labute approximate surface area is 178 Å². The van der Waals surface area contributed by atoms with E-state index >= 15 is 0 Å². The lowest BCUT2D eigenvalue weighted by Gasteiger charge is -2.06. The highest BCUT2D eigenvalue weighted by molar-refractivity contribution is 7.99. The Morgan fingerprint density at radius 2 is 1.70 bits per heavy atom. The summed E-state index contributed by atoms with van der Waals surface area (Å²) in [5, 5.41) is 0. The summed E-state index contributed by atoms with van der Waals surface area (Å²) in [4.78, 5) is 17.4. The minimum atomic E-state index is -0.605. The van der Waals surface area contributed by atoms with Crippen LogP contribution in [0.1, 0.15) is 11.1 Å². The second kappa shape index (κ2) is 9.41. The van der Waals surface area contributed by atoms with Crippen molar-refractivity contribution in [3.8, 4) is 5.75 Å². The number of hydrogen-bond donors (Lipinski definition) is 0. The summed E-state index contributed by atoms with van der Waals surface area (Å²) in [6.07, 6.45) is 1.60. The fourth-order valence-corrected chi connectivity index (χ4v) is 3.56. The van der Waals surface area contributed by atoms with Crippen LogP contribution in [0.2, 0.25) is 0 Å². The highest BCUT2D eigenvalue weighted by atomic mass is 32.2. The van der Waals surface area contributed by atoms with E-state index < -0.39 is 11.8 Å². The monoisotopic (exact) mass is 419 g/mol. The second-order valence-corrected chi connectivity index (χ2v) is 7.56. The summed E-state index contributed by atoms with van der Waals surface area (Å²) in [7, 11) is 0. The first-order valence-corrected chi connectivity index (χ1v) is 10.4. The lowest BCUT2D eigenvalue weighted by atomic mass is 10.2. The molecule has 1 aliphatic heterocycles. The maximum Gasteiger partial charge on any atom is 0.363 e. The average Bonchev–Trinajstić information content (AvgIpc) is 3.13. The Balaban J connectivity index is 1.36. The molecule has 0 aliphatic carbocycles. The van der Waals surface area contributed by atoms with Crippen molar-refractivity contribution in [1.29, 1.82) is 0 Å². The van der Waals surface area contributed by atoms with Crippen molar-refractivity contribution < 1.29 is 18.7 Å². The molecule has 150 valence electrons. The zero-order valence-corrected chi connectivity index (χ0v) is 16.8. The van der Waals surface area contributed by atoms with Gasteiger partial charge in [-0.15, -0.1) is 11.8 Å². The van der Waals surface area contributed by atoms with Crippen LogP contribution in [0.5, 0.6) is 5.75 Å². The smallest absolute Gasteiger partial charge is 0.363 e. The van der Waals surface area contributed by atoms with Crippen molar-refractivity contribution in [2.75, 3.05) is 12.4 Å². The predicted octanol–water partition coefficient (Wildman–Crippen LogP) is 5.34. The molecule has 0 saturated carbocycles. The van der Waals surface area contributed by atoms with E-state index in [0.717, 1.165) is 17.1 Å². The maximum absolute atomic E-state index is 13.9. The maximum atomic E-state index is 13.9. The van der Waals surface area contributed by atoms with Gasteiger partial charge in [0.05, 0.1) is 12.2 Å². The van der Waals surface area contributed by atoms with Gasteiger partial charge < -0.3 is 9.47 Å². The average molecular weight is 419 g/mol. The van der Waals surface area contributed by atoms with Crippen LogP contribution in [0.15, 0.2) is 94.4 Å². The van der Waals surface area contributed by atoms with E-state index in [9.17, 15) is 9.18 Å². The normalized spacial score (nSPS) is 14.5. The standard InChI is InChI=1S/C24H18FNO3S/c25-21-9-5-4-8-20(21)23-26-22(24(27)29-23)16-17-10-12-18(13-11-17)28-14-15-30-19-6-2-1-3-7-19/h1-13,16H,14-15H2/b22-16+. The summed E-state index contributed by atoms with van der Waals surface area (Å²) < 4.78 is 24.8. The van der Waals surface area contributed by atoms with Gasteiger partial charge in [0.1, 0.15) is 11.6 Å². The molecule has 4 rings (SSSR count). The molecule has 0 bridgehead atoms. The van der Waals surface area contributed by atoms with Gasteiger partial charge in [-0.05, 0) is 48.0 Å². The van der Waals surface area contributed by atoms with Gasteiger partial charge in [0.2, 0.25) is 5.90 Å². The third-order valence-electron chi connectivity index (χ3n) is 4.27. The molecule has 0 atom stereocenters. The summed E-state index contributed by atoms with van der Waals surface area (Å²) in [5.74, 6) is 0.467. The number of ether oxygens (including phenoxy) is 2. The first-order chi connectivity index (χ1) is 14.7. The number of carbonyl (C=O) groups excluding carboxylic acids is 1. The molecule has 0 spiro atoms. The number of rotatable bonds is 7. The van der Waals surface area contributed by atoms with Crippen LogP contribution in [-0.2, 0) is 9.53 Å². The van der Waals surface area contributed by atoms with Crippen LogP contribution in [0.25, 0.3) is 6.08 Å². The van der Waals surface area contributed by atoms with Crippen molar-refractivity contribution in [3.63, 3.8) is 0 Å². The molecule has 3 aromatic rings. The number of hydrogen-bond acceptors (Lipinski definition) is 5. The van der Waals surface area contributed by atoms with Crippen molar-refractivity contribution in [3.05, 3.63) is 102 Å². The molecule has 0 unspecified atom stereocenters. The van der Waals surface area contributed by atoms with E-state index in [4.69, 9.17) is 9.47 Å². The number of carbonyl (C=O) groups is 1. The number of nitrogens with zero attached hydrogens (tertiary/aromatic N) is 1. The van der Waals surface area contributed by atoms with E-state index in [0.29, 0.717) is 6.61 Å². The quantitative estimate of drug-likeness (QED) is 0.224. The molecule has 0 saturated heterocycles. The third kappa shape index (κ3) is 4.96. The van der Waals surface area contributed by atoms with Crippen molar-refractivity contribution in [1.82, 2.24) is 0 Å². The van der Waals surface area contributed by atoms with Gasteiger partial charge in [0, 0.05) is 10.6 Å². The first-order valence-electron chi connectivity index (χ1n) is 9.37. The number of benzene rings is 3. The van der Waals surface area contributed by atoms with Gasteiger partial charge in [-0.3, -0.25) is 0 Å². The molecular weight excluding hydrogens is 401 g/mol. The molecule has 6 heteroatoms. The fourth-order valence-electron chi connectivity index (χ4n) is 2.81. The zero-order chi connectivity index (χ0) is 20.8. The number of cyclic esters (lactones) is 1. The number of esters is 1. The lowest BCUT2D eigenvalue weighted by Crippen LogP contribution is -2.07. The van der Waals surface area contributed by atoms with E-state index in [2.05, 4.69) is 17.1 Å². The molecule has 3 aromatic carbocycles. The van der Waals surface area contributed by atoms with E-state index in [1.165, 1.54) is 17.0 Å². The van der Waals surface area contributed by atoms with Crippen molar-refractivity contribution in [2.45, 2.75) is 4.90 Å². The van der Waals surface area contributed by atoms with Crippen LogP contribution in [0, 0.1) is 5.82 Å². The van der Waals surface area contributed by atoms with Gasteiger partial charge >= 0.3 is 5.97 Å². The van der Waals surface area contributed by atoms with Gasteiger partial charge in [0.15, 0.2) is 5.70 Å².